The molecule has 0 spiro atoms. The van der Waals surface area contributed by atoms with Gasteiger partial charge in [-0.3, -0.25) is 4.79 Å². The molecule has 0 saturated heterocycles. The summed E-state index contributed by atoms with van der Waals surface area (Å²) in [5, 5.41) is 11.4. The van der Waals surface area contributed by atoms with Gasteiger partial charge in [0.05, 0.1) is 0 Å². The average molecular weight is 332 g/mol. The molecule has 0 saturated carbocycles. The quantitative estimate of drug-likeness (QED) is 0.387. The molecule has 3 rings (SSSR count). The van der Waals surface area contributed by atoms with Crippen LogP contribution in [0.3, 0.4) is 0 Å². The SMILES string of the molecule is C=C(C)C(=O)NCCCNCc1cccc2cc3ccccc3cc12. The summed E-state index contributed by atoms with van der Waals surface area (Å²) in [5.41, 5.74) is 1.85. The lowest BCUT2D eigenvalue weighted by atomic mass is 10.00. The molecule has 3 aromatic rings. The molecule has 3 nitrogen and oxygen atoms in total. The summed E-state index contributed by atoms with van der Waals surface area (Å²) >= 11 is 0. The second-order valence-electron chi connectivity index (χ2n) is 6.40. The highest BCUT2D eigenvalue weighted by Crippen LogP contribution is 2.25. The molecule has 2 N–H and O–H groups in total. The van der Waals surface area contributed by atoms with Crippen LogP contribution in [0.15, 0.2) is 66.7 Å². The number of carbonyl (C=O) groups is 1. The number of rotatable bonds is 7. The number of carbonyl (C=O) groups excluding carboxylic acids is 1. The maximum atomic E-state index is 11.4. The Morgan fingerprint density at radius 2 is 1.68 bits per heavy atom. The molecule has 0 aromatic heterocycles. The lowest BCUT2D eigenvalue weighted by Crippen LogP contribution is -2.27. The summed E-state index contributed by atoms with van der Waals surface area (Å²) in [6.45, 7) is 7.70. The Kier molecular flexibility index (Phi) is 5.46. The van der Waals surface area contributed by atoms with Crippen LogP contribution in [-0.2, 0) is 11.3 Å². The monoisotopic (exact) mass is 332 g/mol. The molecule has 25 heavy (non-hydrogen) atoms. The first kappa shape index (κ1) is 17.2. The summed E-state index contributed by atoms with van der Waals surface area (Å²) in [6.07, 6.45) is 0.896. The molecule has 0 aliphatic carbocycles. The fourth-order valence-corrected chi connectivity index (χ4v) is 2.98. The number of hydrogen-bond donors (Lipinski definition) is 2. The number of fused-ring (bicyclic) bond motifs is 2. The third kappa shape index (κ3) is 4.25. The smallest absolute Gasteiger partial charge is 0.246 e. The van der Waals surface area contributed by atoms with Gasteiger partial charge in [0.25, 0.3) is 0 Å². The Bertz CT molecular complexity index is 914. The molecule has 0 bridgehead atoms. The van der Waals surface area contributed by atoms with E-state index < -0.39 is 0 Å². The zero-order valence-corrected chi connectivity index (χ0v) is 14.6. The van der Waals surface area contributed by atoms with Crippen LogP contribution in [0, 0.1) is 0 Å². The van der Waals surface area contributed by atoms with Crippen LogP contribution in [0.25, 0.3) is 21.5 Å². The number of nitrogens with one attached hydrogen (secondary N) is 2. The number of amides is 1. The predicted molar refractivity (Wildman–Crippen MR) is 106 cm³/mol. The van der Waals surface area contributed by atoms with E-state index in [-0.39, 0.29) is 5.91 Å². The second-order valence-corrected chi connectivity index (χ2v) is 6.40. The van der Waals surface area contributed by atoms with Crippen LogP contribution in [0.4, 0.5) is 0 Å². The number of benzene rings is 3. The van der Waals surface area contributed by atoms with E-state index in [4.69, 9.17) is 0 Å². The largest absolute Gasteiger partial charge is 0.352 e. The van der Waals surface area contributed by atoms with Gasteiger partial charge in [0.15, 0.2) is 0 Å². The van der Waals surface area contributed by atoms with Gasteiger partial charge in [-0.2, -0.15) is 0 Å². The van der Waals surface area contributed by atoms with Gasteiger partial charge in [0.2, 0.25) is 5.91 Å². The van der Waals surface area contributed by atoms with Gasteiger partial charge < -0.3 is 10.6 Å². The Balaban J connectivity index is 1.61. The maximum Gasteiger partial charge on any atom is 0.246 e. The van der Waals surface area contributed by atoms with E-state index in [2.05, 4.69) is 71.8 Å². The summed E-state index contributed by atoms with van der Waals surface area (Å²) in [5.74, 6) is -0.0686. The minimum atomic E-state index is -0.0686. The highest BCUT2D eigenvalue weighted by atomic mass is 16.1. The lowest BCUT2D eigenvalue weighted by Gasteiger charge is -2.10. The van der Waals surface area contributed by atoms with Crippen LogP contribution in [-0.4, -0.2) is 19.0 Å². The molecule has 0 fully saturated rings. The average Bonchev–Trinajstić information content (AvgIpc) is 2.62. The molecule has 0 heterocycles. The van der Waals surface area contributed by atoms with Gasteiger partial charge in [0.1, 0.15) is 0 Å². The third-order valence-corrected chi connectivity index (χ3v) is 4.36. The van der Waals surface area contributed by atoms with Crippen LogP contribution >= 0.6 is 0 Å². The molecular formula is C22H24N2O. The zero-order valence-electron chi connectivity index (χ0n) is 14.6. The molecule has 0 aliphatic heterocycles. The van der Waals surface area contributed by atoms with Crippen LogP contribution < -0.4 is 10.6 Å². The maximum absolute atomic E-state index is 11.4. The Hall–Kier alpha value is -2.65. The fraction of sp³-hybridized carbons (Fsp3) is 0.227. The molecule has 0 aliphatic rings. The summed E-state index contributed by atoms with van der Waals surface area (Å²) in [4.78, 5) is 11.4. The molecule has 3 aromatic carbocycles. The highest BCUT2D eigenvalue weighted by molar-refractivity contribution is 5.99. The summed E-state index contributed by atoms with van der Waals surface area (Å²) in [7, 11) is 0. The van der Waals surface area contributed by atoms with Crippen LogP contribution in [0.5, 0.6) is 0 Å². The Morgan fingerprint density at radius 1 is 0.960 bits per heavy atom. The first-order valence-corrected chi connectivity index (χ1v) is 8.70. The van der Waals surface area contributed by atoms with Gasteiger partial charge in [0, 0.05) is 18.7 Å². The van der Waals surface area contributed by atoms with Gasteiger partial charge in [-0.05, 0) is 59.1 Å². The van der Waals surface area contributed by atoms with Crippen molar-refractivity contribution in [1.29, 1.82) is 0 Å². The summed E-state index contributed by atoms with van der Waals surface area (Å²) in [6, 6.07) is 19.4. The van der Waals surface area contributed by atoms with Crippen molar-refractivity contribution in [1.82, 2.24) is 10.6 Å². The molecule has 128 valence electrons. The lowest BCUT2D eigenvalue weighted by molar-refractivity contribution is -0.117. The minimum absolute atomic E-state index is 0.0686. The van der Waals surface area contributed by atoms with E-state index in [9.17, 15) is 4.79 Å². The van der Waals surface area contributed by atoms with Gasteiger partial charge >= 0.3 is 0 Å². The van der Waals surface area contributed by atoms with Crippen molar-refractivity contribution in [2.24, 2.45) is 0 Å². The zero-order chi connectivity index (χ0) is 17.6. The van der Waals surface area contributed by atoms with Crippen molar-refractivity contribution < 1.29 is 4.79 Å². The van der Waals surface area contributed by atoms with Crippen molar-refractivity contribution in [2.75, 3.05) is 13.1 Å². The van der Waals surface area contributed by atoms with Crippen molar-refractivity contribution in [3.8, 4) is 0 Å². The Labute approximate surface area is 148 Å². The molecule has 3 heteroatoms. The van der Waals surface area contributed by atoms with E-state index in [0.29, 0.717) is 12.1 Å². The van der Waals surface area contributed by atoms with Crippen molar-refractivity contribution in [3.05, 3.63) is 72.3 Å². The van der Waals surface area contributed by atoms with E-state index >= 15 is 0 Å². The van der Waals surface area contributed by atoms with Crippen LogP contribution in [0.1, 0.15) is 18.9 Å². The van der Waals surface area contributed by atoms with Crippen molar-refractivity contribution >= 4 is 27.5 Å². The van der Waals surface area contributed by atoms with Gasteiger partial charge in [-0.1, -0.05) is 49.0 Å². The molecule has 0 radical (unpaired) electrons. The van der Waals surface area contributed by atoms with Gasteiger partial charge in [-0.15, -0.1) is 0 Å². The van der Waals surface area contributed by atoms with Crippen molar-refractivity contribution in [2.45, 2.75) is 19.9 Å². The normalized spacial score (nSPS) is 10.9. The van der Waals surface area contributed by atoms with Gasteiger partial charge in [-0.25, -0.2) is 0 Å². The van der Waals surface area contributed by atoms with Crippen LogP contribution in [0.2, 0.25) is 0 Å². The summed E-state index contributed by atoms with van der Waals surface area (Å²) < 4.78 is 0. The highest BCUT2D eigenvalue weighted by Gasteiger charge is 2.03. The molecular weight excluding hydrogens is 308 g/mol. The van der Waals surface area contributed by atoms with E-state index in [1.54, 1.807) is 6.92 Å². The standard InChI is InChI=1S/C22H24N2O/c1-16(2)22(25)24-12-6-11-23-15-20-10-5-9-19-13-17-7-3-4-8-18(17)14-21(19)20/h3-5,7-10,13-14,23H,1,6,11-12,15H2,2H3,(H,24,25). The second kappa shape index (κ2) is 7.95. The first-order chi connectivity index (χ1) is 12.1. The van der Waals surface area contributed by atoms with E-state index in [1.807, 2.05) is 0 Å². The third-order valence-electron chi connectivity index (χ3n) is 4.36. The van der Waals surface area contributed by atoms with E-state index in [0.717, 1.165) is 19.5 Å². The minimum Gasteiger partial charge on any atom is -0.352 e. The molecule has 0 unspecified atom stereocenters. The Morgan fingerprint density at radius 3 is 2.44 bits per heavy atom. The molecule has 0 atom stereocenters. The van der Waals surface area contributed by atoms with E-state index in [1.165, 1.54) is 27.1 Å². The van der Waals surface area contributed by atoms with Crippen molar-refractivity contribution in [3.63, 3.8) is 0 Å². The molecule has 1 amide bonds. The fourth-order valence-electron chi connectivity index (χ4n) is 2.98. The number of hydrogen-bond acceptors (Lipinski definition) is 2. The predicted octanol–water partition coefficient (Wildman–Crippen LogP) is 4.17. The first-order valence-electron chi connectivity index (χ1n) is 8.70. The topological polar surface area (TPSA) is 41.1 Å².